The summed E-state index contributed by atoms with van der Waals surface area (Å²) in [4.78, 5) is 14.0. The van der Waals surface area contributed by atoms with E-state index in [9.17, 15) is 4.79 Å². The summed E-state index contributed by atoms with van der Waals surface area (Å²) in [7, 11) is 3.46. The first-order valence-corrected chi connectivity index (χ1v) is 7.30. The van der Waals surface area contributed by atoms with Crippen LogP contribution >= 0.6 is 12.4 Å². The van der Waals surface area contributed by atoms with Crippen molar-refractivity contribution < 1.29 is 9.53 Å². The Kier molecular flexibility index (Phi) is 7.42. The molecule has 2 aromatic carbocycles. The SMILES string of the molecule is COc1ccc(CN(C)C(=O)CCc2ccccc2N)cc1.Cl. The van der Waals surface area contributed by atoms with Crippen LogP contribution in [0.2, 0.25) is 0 Å². The van der Waals surface area contributed by atoms with E-state index in [1.807, 2.05) is 55.6 Å². The van der Waals surface area contributed by atoms with E-state index in [1.165, 1.54) is 0 Å². The fourth-order valence-corrected chi connectivity index (χ4v) is 2.29. The number of hydrogen-bond donors (Lipinski definition) is 1. The monoisotopic (exact) mass is 334 g/mol. The Morgan fingerprint density at radius 2 is 1.78 bits per heavy atom. The molecule has 0 saturated carbocycles. The highest BCUT2D eigenvalue weighted by Crippen LogP contribution is 2.15. The van der Waals surface area contributed by atoms with Gasteiger partial charge in [0.05, 0.1) is 7.11 Å². The summed E-state index contributed by atoms with van der Waals surface area (Å²) >= 11 is 0. The standard InChI is InChI=1S/C18H22N2O2.ClH/c1-20(13-14-7-10-16(22-2)11-8-14)18(21)12-9-15-5-3-4-6-17(15)19;/h3-8,10-11H,9,12-13,19H2,1-2H3;1H. The second kappa shape index (κ2) is 9.06. The van der Waals surface area contributed by atoms with Crippen molar-refractivity contribution in [3.05, 3.63) is 59.7 Å². The second-order valence-electron chi connectivity index (χ2n) is 5.30. The number of carbonyl (C=O) groups is 1. The summed E-state index contributed by atoms with van der Waals surface area (Å²) in [6.45, 7) is 0.590. The van der Waals surface area contributed by atoms with Gasteiger partial charge in [0.25, 0.3) is 0 Å². The molecule has 0 unspecified atom stereocenters. The topological polar surface area (TPSA) is 55.6 Å². The number of benzene rings is 2. The molecule has 23 heavy (non-hydrogen) atoms. The maximum absolute atomic E-state index is 12.2. The second-order valence-corrected chi connectivity index (χ2v) is 5.30. The van der Waals surface area contributed by atoms with Crippen molar-refractivity contribution in [1.82, 2.24) is 4.90 Å². The van der Waals surface area contributed by atoms with E-state index < -0.39 is 0 Å². The Labute approximate surface area is 143 Å². The van der Waals surface area contributed by atoms with Gasteiger partial charge in [-0.25, -0.2) is 0 Å². The Morgan fingerprint density at radius 3 is 2.39 bits per heavy atom. The third-order valence-corrected chi connectivity index (χ3v) is 3.67. The van der Waals surface area contributed by atoms with Crippen molar-refractivity contribution in [2.75, 3.05) is 19.9 Å². The predicted molar refractivity (Wildman–Crippen MR) is 95.9 cm³/mol. The molecule has 5 heteroatoms. The largest absolute Gasteiger partial charge is 0.497 e. The maximum Gasteiger partial charge on any atom is 0.222 e. The van der Waals surface area contributed by atoms with Crippen LogP contribution < -0.4 is 10.5 Å². The van der Waals surface area contributed by atoms with Gasteiger partial charge < -0.3 is 15.4 Å². The van der Waals surface area contributed by atoms with E-state index in [2.05, 4.69) is 0 Å². The van der Waals surface area contributed by atoms with Gasteiger partial charge in [-0.15, -0.1) is 12.4 Å². The van der Waals surface area contributed by atoms with Crippen molar-refractivity contribution in [3.8, 4) is 5.75 Å². The Hall–Kier alpha value is -2.20. The minimum atomic E-state index is 0. The molecule has 0 bridgehead atoms. The molecule has 0 fully saturated rings. The number of aryl methyl sites for hydroxylation is 1. The van der Waals surface area contributed by atoms with E-state index >= 15 is 0 Å². The summed E-state index contributed by atoms with van der Waals surface area (Å²) in [5.74, 6) is 0.927. The van der Waals surface area contributed by atoms with E-state index in [0.29, 0.717) is 19.4 Å². The average Bonchev–Trinajstić information content (AvgIpc) is 2.54. The number of nitrogens with zero attached hydrogens (tertiary/aromatic N) is 1. The molecule has 0 saturated heterocycles. The highest BCUT2D eigenvalue weighted by Gasteiger charge is 2.10. The number of hydrogen-bond acceptors (Lipinski definition) is 3. The summed E-state index contributed by atoms with van der Waals surface area (Å²) in [6, 6.07) is 15.4. The van der Waals surface area contributed by atoms with E-state index in [0.717, 1.165) is 22.6 Å². The minimum absolute atomic E-state index is 0. The zero-order valence-corrected chi connectivity index (χ0v) is 14.3. The van der Waals surface area contributed by atoms with Crippen LogP contribution in [0.1, 0.15) is 17.5 Å². The number of anilines is 1. The van der Waals surface area contributed by atoms with E-state index in [4.69, 9.17) is 10.5 Å². The normalized spacial score (nSPS) is 9.83. The number of para-hydroxylation sites is 1. The van der Waals surface area contributed by atoms with Crippen LogP contribution in [0, 0.1) is 0 Å². The highest BCUT2D eigenvalue weighted by molar-refractivity contribution is 5.85. The quantitative estimate of drug-likeness (QED) is 0.825. The molecule has 0 spiro atoms. The molecule has 2 aromatic rings. The number of halogens is 1. The third kappa shape index (κ3) is 5.49. The molecule has 2 rings (SSSR count). The number of rotatable bonds is 6. The lowest BCUT2D eigenvalue weighted by atomic mass is 10.1. The van der Waals surface area contributed by atoms with Crippen LogP contribution in [-0.2, 0) is 17.8 Å². The molecule has 124 valence electrons. The molecule has 1 amide bonds. The van der Waals surface area contributed by atoms with Gasteiger partial charge in [0.2, 0.25) is 5.91 Å². The molecule has 0 aliphatic rings. The van der Waals surface area contributed by atoms with Gasteiger partial charge in [-0.3, -0.25) is 4.79 Å². The van der Waals surface area contributed by atoms with Gasteiger partial charge >= 0.3 is 0 Å². The van der Waals surface area contributed by atoms with Gasteiger partial charge in [0, 0.05) is 25.7 Å². The minimum Gasteiger partial charge on any atom is -0.497 e. The number of carbonyl (C=O) groups excluding carboxylic acids is 1. The third-order valence-electron chi connectivity index (χ3n) is 3.67. The van der Waals surface area contributed by atoms with Crippen molar-refractivity contribution in [3.63, 3.8) is 0 Å². The first-order chi connectivity index (χ1) is 10.6. The van der Waals surface area contributed by atoms with Gasteiger partial charge in [0.1, 0.15) is 5.75 Å². The lowest BCUT2D eigenvalue weighted by molar-refractivity contribution is -0.130. The average molecular weight is 335 g/mol. The van der Waals surface area contributed by atoms with Crippen molar-refractivity contribution in [2.24, 2.45) is 0 Å². The molecule has 0 aliphatic carbocycles. The Bertz CT molecular complexity index is 629. The first kappa shape index (κ1) is 18.8. The fourth-order valence-electron chi connectivity index (χ4n) is 2.29. The first-order valence-electron chi connectivity index (χ1n) is 7.30. The number of ether oxygens (including phenoxy) is 1. The number of nitrogen functional groups attached to an aromatic ring is 1. The van der Waals surface area contributed by atoms with Gasteiger partial charge in [-0.1, -0.05) is 30.3 Å². The summed E-state index contributed by atoms with van der Waals surface area (Å²) < 4.78 is 5.13. The maximum atomic E-state index is 12.2. The van der Waals surface area contributed by atoms with Crippen LogP contribution in [0.4, 0.5) is 5.69 Å². The van der Waals surface area contributed by atoms with Crippen LogP contribution in [0.3, 0.4) is 0 Å². The Balaban J connectivity index is 0.00000264. The lowest BCUT2D eigenvalue weighted by Gasteiger charge is -2.17. The molecule has 2 N–H and O–H groups in total. The van der Waals surface area contributed by atoms with Crippen molar-refractivity contribution in [2.45, 2.75) is 19.4 Å². The number of nitrogens with two attached hydrogens (primary N) is 1. The van der Waals surface area contributed by atoms with E-state index in [1.54, 1.807) is 12.0 Å². The molecular weight excluding hydrogens is 312 g/mol. The summed E-state index contributed by atoms with van der Waals surface area (Å²) in [5.41, 5.74) is 8.74. The molecule has 0 atom stereocenters. The molecular formula is C18H23ClN2O2. The summed E-state index contributed by atoms with van der Waals surface area (Å²) in [6.07, 6.45) is 1.12. The zero-order valence-electron chi connectivity index (χ0n) is 13.5. The molecule has 4 nitrogen and oxygen atoms in total. The predicted octanol–water partition coefficient (Wildman–Crippen LogP) is 3.29. The zero-order chi connectivity index (χ0) is 15.9. The van der Waals surface area contributed by atoms with E-state index in [-0.39, 0.29) is 18.3 Å². The van der Waals surface area contributed by atoms with Gasteiger partial charge in [-0.05, 0) is 35.7 Å². The van der Waals surface area contributed by atoms with Crippen LogP contribution in [-0.4, -0.2) is 25.0 Å². The van der Waals surface area contributed by atoms with Crippen LogP contribution in [0.15, 0.2) is 48.5 Å². The highest BCUT2D eigenvalue weighted by atomic mass is 35.5. The van der Waals surface area contributed by atoms with Gasteiger partial charge in [0.15, 0.2) is 0 Å². The van der Waals surface area contributed by atoms with Crippen molar-refractivity contribution in [1.29, 1.82) is 0 Å². The van der Waals surface area contributed by atoms with Gasteiger partial charge in [-0.2, -0.15) is 0 Å². The summed E-state index contributed by atoms with van der Waals surface area (Å²) in [5, 5.41) is 0. The Morgan fingerprint density at radius 1 is 1.13 bits per heavy atom. The molecule has 0 aliphatic heterocycles. The van der Waals surface area contributed by atoms with Crippen LogP contribution in [0.25, 0.3) is 0 Å². The van der Waals surface area contributed by atoms with Crippen LogP contribution in [0.5, 0.6) is 5.75 Å². The number of amides is 1. The molecule has 0 radical (unpaired) electrons. The lowest BCUT2D eigenvalue weighted by Crippen LogP contribution is -2.26. The molecule has 0 aromatic heterocycles. The van der Waals surface area contributed by atoms with Crippen molar-refractivity contribution >= 4 is 24.0 Å². The smallest absolute Gasteiger partial charge is 0.222 e. The fraction of sp³-hybridized carbons (Fsp3) is 0.278. The number of methoxy groups -OCH3 is 1. The molecule has 0 heterocycles.